The average Bonchev–Trinajstić information content (AvgIpc) is 2.82. The van der Waals surface area contributed by atoms with Crippen LogP contribution in [-0.2, 0) is 11.8 Å². The third kappa shape index (κ3) is 2.75. The molecule has 3 aromatic rings. The smallest absolute Gasteiger partial charge is 0.229 e. The van der Waals surface area contributed by atoms with Gasteiger partial charge in [0.25, 0.3) is 0 Å². The number of carbonyl (C=O) groups excluding carboxylic acids is 1. The van der Waals surface area contributed by atoms with Gasteiger partial charge in [-0.15, -0.1) is 11.3 Å². The molecule has 1 saturated carbocycles. The summed E-state index contributed by atoms with van der Waals surface area (Å²) in [6.45, 7) is 3.83. The van der Waals surface area contributed by atoms with Crippen LogP contribution in [0.15, 0.2) is 28.3 Å². The molecule has 124 valence electrons. The van der Waals surface area contributed by atoms with Crippen LogP contribution in [0.4, 0.5) is 5.13 Å². The van der Waals surface area contributed by atoms with Gasteiger partial charge in [-0.25, -0.2) is 4.98 Å². The van der Waals surface area contributed by atoms with Crippen LogP contribution in [0.25, 0.3) is 11.3 Å². The summed E-state index contributed by atoms with van der Waals surface area (Å²) in [7, 11) is 1.89. The maximum Gasteiger partial charge on any atom is 0.229 e. The van der Waals surface area contributed by atoms with E-state index in [2.05, 4.69) is 15.4 Å². The van der Waals surface area contributed by atoms with Crippen LogP contribution in [0.3, 0.4) is 0 Å². The summed E-state index contributed by atoms with van der Waals surface area (Å²) in [6.07, 6.45) is 4.68. The van der Waals surface area contributed by atoms with E-state index in [0.717, 1.165) is 34.8 Å². The molecule has 24 heavy (non-hydrogen) atoms. The highest BCUT2D eigenvalue weighted by Crippen LogP contribution is 2.48. The van der Waals surface area contributed by atoms with Gasteiger partial charge in [0, 0.05) is 30.1 Å². The monoisotopic (exact) mass is 342 g/mol. The Labute approximate surface area is 143 Å². The van der Waals surface area contributed by atoms with Crippen LogP contribution < -0.4 is 5.32 Å². The van der Waals surface area contributed by atoms with Gasteiger partial charge in [-0.05, 0) is 37.8 Å². The molecular formula is C17H18N4O2S. The zero-order valence-electron chi connectivity index (χ0n) is 13.7. The van der Waals surface area contributed by atoms with Crippen LogP contribution in [0.2, 0.25) is 0 Å². The van der Waals surface area contributed by atoms with Gasteiger partial charge in [-0.3, -0.25) is 9.48 Å². The molecule has 1 N–H and O–H groups in total. The zero-order valence-corrected chi connectivity index (χ0v) is 14.6. The number of aryl methyl sites for hydroxylation is 3. The van der Waals surface area contributed by atoms with Gasteiger partial charge in [0.15, 0.2) is 5.13 Å². The molecule has 0 saturated heterocycles. The van der Waals surface area contributed by atoms with Crippen molar-refractivity contribution in [3.63, 3.8) is 0 Å². The summed E-state index contributed by atoms with van der Waals surface area (Å²) < 4.78 is 7.31. The van der Waals surface area contributed by atoms with E-state index in [1.807, 2.05) is 44.7 Å². The van der Waals surface area contributed by atoms with Crippen molar-refractivity contribution in [1.29, 1.82) is 0 Å². The van der Waals surface area contributed by atoms with E-state index in [-0.39, 0.29) is 17.7 Å². The Morgan fingerprint density at radius 2 is 2.29 bits per heavy atom. The molecule has 0 aliphatic heterocycles. The second-order valence-corrected chi connectivity index (χ2v) is 7.11. The number of hydrogen-bond acceptors (Lipinski definition) is 5. The van der Waals surface area contributed by atoms with Crippen molar-refractivity contribution in [2.75, 3.05) is 5.32 Å². The molecule has 0 bridgehead atoms. The highest BCUT2D eigenvalue weighted by molar-refractivity contribution is 7.14. The second-order valence-electron chi connectivity index (χ2n) is 6.25. The minimum atomic E-state index is 0.0134. The molecule has 3 aromatic heterocycles. The van der Waals surface area contributed by atoms with E-state index in [1.165, 1.54) is 11.3 Å². The molecule has 0 unspecified atom stereocenters. The van der Waals surface area contributed by atoms with Gasteiger partial charge >= 0.3 is 0 Å². The Kier molecular flexibility index (Phi) is 3.53. The van der Waals surface area contributed by atoms with Crippen molar-refractivity contribution in [3.8, 4) is 11.3 Å². The maximum absolute atomic E-state index is 12.4. The van der Waals surface area contributed by atoms with E-state index >= 15 is 0 Å². The van der Waals surface area contributed by atoms with Crippen molar-refractivity contribution >= 4 is 22.4 Å². The maximum atomic E-state index is 12.4. The zero-order chi connectivity index (χ0) is 16.8. The highest BCUT2D eigenvalue weighted by atomic mass is 32.1. The SMILES string of the molecule is Cc1cc(-c2csc(NC(=O)[C@H]3C[C@H]3c3cnn(C)c3)n2)c(C)o1. The molecule has 1 aliphatic rings. The molecule has 1 amide bonds. The number of amides is 1. The van der Waals surface area contributed by atoms with Crippen LogP contribution in [0.1, 0.15) is 29.4 Å². The molecule has 4 rings (SSSR count). The lowest BCUT2D eigenvalue weighted by Crippen LogP contribution is -2.14. The lowest BCUT2D eigenvalue weighted by atomic mass is 10.2. The summed E-state index contributed by atoms with van der Waals surface area (Å²) in [5, 5.41) is 9.68. The van der Waals surface area contributed by atoms with E-state index in [4.69, 9.17) is 4.42 Å². The van der Waals surface area contributed by atoms with E-state index in [9.17, 15) is 4.79 Å². The van der Waals surface area contributed by atoms with Crippen molar-refractivity contribution in [1.82, 2.24) is 14.8 Å². The van der Waals surface area contributed by atoms with Gasteiger partial charge in [0.2, 0.25) is 5.91 Å². The summed E-state index contributed by atoms with van der Waals surface area (Å²) >= 11 is 1.44. The summed E-state index contributed by atoms with van der Waals surface area (Å²) in [5.41, 5.74) is 2.94. The Morgan fingerprint density at radius 1 is 1.46 bits per heavy atom. The number of rotatable bonds is 4. The number of furan rings is 1. The Hall–Kier alpha value is -2.41. The minimum absolute atomic E-state index is 0.0134. The predicted octanol–water partition coefficient (Wildman–Crippen LogP) is 3.50. The van der Waals surface area contributed by atoms with Crippen molar-refractivity contribution in [2.24, 2.45) is 13.0 Å². The first-order chi connectivity index (χ1) is 11.5. The molecule has 1 fully saturated rings. The van der Waals surface area contributed by atoms with Gasteiger partial charge in [0.1, 0.15) is 11.5 Å². The number of carbonyl (C=O) groups is 1. The van der Waals surface area contributed by atoms with Crippen molar-refractivity contribution in [3.05, 3.63) is 40.9 Å². The lowest BCUT2D eigenvalue weighted by molar-refractivity contribution is -0.117. The number of anilines is 1. The number of nitrogens with zero attached hydrogens (tertiary/aromatic N) is 3. The normalized spacial score (nSPS) is 19.5. The standard InChI is InChI=1S/C17H18N4O2S/c1-9-4-12(10(2)23-9)15-8-24-17(19-15)20-16(22)14-5-13(14)11-6-18-21(3)7-11/h4,6-8,13-14H,5H2,1-3H3,(H,19,20,22)/t13-,14-/m0/s1. The van der Waals surface area contributed by atoms with E-state index < -0.39 is 0 Å². The quantitative estimate of drug-likeness (QED) is 0.787. The van der Waals surface area contributed by atoms with Crippen LogP contribution in [0, 0.1) is 19.8 Å². The van der Waals surface area contributed by atoms with Gasteiger partial charge in [-0.1, -0.05) is 0 Å². The molecule has 2 atom stereocenters. The summed E-state index contributed by atoms with van der Waals surface area (Å²) in [4.78, 5) is 16.9. The largest absolute Gasteiger partial charge is 0.466 e. The molecule has 1 aliphatic carbocycles. The number of thiazole rings is 1. The molecule has 0 spiro atoms. The van der Waals surface area contributed by atoms with Gasteiger partial charge in [-0.2, -0.15) is 5.10 Å². The Morgan fingerprint density at radius 3 is 2.96 bits per heavy atom. The Balaban J connectivity index is 1.43. The fourth-order valence-corrected chi connectivity index (χ4v) is 3.74. The fourth-order valence-electron chi connectivity index (χ4n) is 3.02. The first kappa shape index (κ1) is 15.1. The average molecular weight is 342 g/mol. The van der Waals surface area contributed by atoms with Gasteiger partial charge in [0.05, 0.1) is 11.9 Å². The van der Waals surface area contributed by atoms with Crippen LogP contribution >= 0.6 is 11.3 Å². The molecule has 0 aromatic carbocycles. The third-order valence-electron chi connectivity index (χ3n) is 4.33. The van der Waals surface area contributed by atoms with Crippen LogP contribution in [-0.4, -0.2) is 20.7 Å². The molecule has 7 heteroatoms. The molecule has 3 heterocycles. The first-order valence-corrected chi connectivity index (χ1v) is 8.71. The predicted molar refractivity (Wildman–Crippen MR) is 92.0 cm³/mol. The Bertz CT molecular complexity index is 907. The molecule has 6 nitrogen and oxygen atoms in total. The topological polar surface area (TPSA) is 73.0 Å². The first-order valence-electron chi connectivity index (χ1n) is 7.83. The fraction of sp³-hybridized carbons (Fsp3) is 0.353. The summed E-state index contributed by atoms with van der Waals surface area (Å²) in [6, 6.07) is 1.97. The van der Waals surface area contributed by atoms with Gasteiger partial charge < -0.3 is 9.73 Å². The number of aromatic nitrogens is 3. The molecule has 0 radical (unpaired) electrons. The lowest BCUT2D eigenvalue weighted by Gasteiger charge is -2.00. The number of hydrogen-bond donors (Lipinski definition) is 1. The molecular weight excluding hydrogens is 324 g/mol. The third-order valence-corrected chi connectivity index (χ3v) is 5.09. The van der Waals surface area contributed by atoms with E-state index in [0.29, 0.717) is 5.13 Å². The number of nitrogens with one attached hydrogen (secondary N) is 1. The summed E-state index contributed by atoms with van der Waals surface area (Å²) in [5.74, 6) is 2.02. The van der Waals surface area contributed by atoms with Crippen molar-refractivity contribution in [2.45, 2.75) is 26.2 Å². The van der Waals surface area contributed by atoms with E-state index in [1.54, 1.807) is 4.68 Å². The van der Waals surface area contributed by atoms with Crippen LogP contribution in [0.5, 0.6) is 0 Å². The highest BCUT2D eigenvalue weighted by Gasteiger charge is 2.44. The minimum Gasteiger partial charge on any atom is -0.466 e. The second kappa shape index (κ2) is 5.59. The van der Waals surface area contributed by atoms with Crippen molar-refractivity contribution < 1.29 is 9.21 Å².